The second-order valence-electron chi connectivity index (χ2n) is 39.3. The Morgan fingerprint density at radius 1 is 0.169 bits per heavy atom. The third-order valence-electron chi connectivity index (χ3n) is 27.3. The molecular formula is C130H164F8O4. The Labute approximate surface area is 849 Å². The van der Waals surface area contributed by atoms with E-state index in [9.17, 15) is 26.3 Å². The molecule has 0 aliphatic carbocycles. The molecule has 0 saturated heterocycles. The van der Waals surface area contributed by atoms with E-state index in [2.05, 4.69) is 125 Å². The number of hydrogen-bond donors (Lipinski definition) is 0. The monoisotopic (exact) mass is 1940 g/mol. The van der Waals surface area contributed by atoms with Crippen molar-refractivity contribution in [2.75, 3.05) is 26.4 Å². The molecule has 142 heavy (non-hydrogen) atoms. The van der Waals surface area contributed by atoms with Crippen molar-refractivity contribution in [1.29, 1.82) is 0 Å². The third kappa shape index (κ3) is 38.8. The Bertz CT molecular complexity index is 5480. The van der Waals surface area contributed by atoms with Crippen molar-refractivity contribution in [3.8, 4) is 112 Å². The number of halogens is 8. The van der Waals surface area contributed by atoms with Gasteiger partial charge in [0.2, 0.25) is 11.6 Å². The lowest BCUT2D eigenvalue weighted by atomic mass is 9.97. The molecule has 0 saturated carbocycles. The van der Waals surface area contributed by atoms with E-state index in [0.717, 1.165) is 136 Å². The molecule has 12 aromatic rings. The highest BCUT2D eigenvalue weighted by Gasteiger charge is 2.23. The second kappa shape index (κ2) is 65.5. The largest absolute Gasteiger partial charge is 0.494 e. The molecule has 0 bridgehead atoms. The maximum absolute atomic E-state index is 15.0. The van der Waals surface area contributed by atoms with Gasteiger partial charge < -0.3 is 18.9 Å². The van der Waals surface area contributed by atoms with Gasteiger partial charge in [-0.05, 0) is 240 Å². The predicted octanol–water partition coefficient (Wildman–Crippen LogP) is 41.0. The van der Waals surface area contributed by atoms with Crippen molar-refractivity contribution in [3.63, 3.8) is 0 Å². The summed E-state index contributed by atoms with van der Waals surface area (Å²) in [6.45, 7) is 26.7. The van der Waals surface area contributed by atoms with Gasteiger partial charge in [-0.25, -0.2) is 26.3 Å². The minimum atomic E-state index is -0.912. The summed E-state index contributed by atoms with van der Waals surface area (Å²) in [5.74, 6) is -3.10. The molecule has 0 aliphatic heterocycles. The van der Waals surface area contributed by atoms with Crippen molar-refractivity contribution in [2.45, 2.75) is 333 Å². The lowest BCUT2D eigenvalue weighted by Crippen LogP contribution is -2.03. The van der Waals surface area contributed by atoms with Crippen LogP contribution in [-0.2, 0) is 25.7 Å². The minimum absolute atomic E-state index is 0.00877. The first-order valence-electron chi connectivity index (χ1n) is 54.4. The lowest BCUT2D eigenvalue weighted by molar-refractivity contribution is 0.281. The van der Waals surface area contributed by atoms with Crippen LogP contribution in [0.2, 0.25) is 0 Å². The topological polar surface area (TPSA) is 36.9 Å². The molecule has 3 atom stereocenters. The highest BCUT2D eigenvalue weighted by Crippen LogP contribution is 2.39. The first kappa shape index (κ1) is 115. The van der Waals surface area contributed by atoms with E-state index in [0.29, 0.717) is 82.8 Å². The average molecular weight is 1940 g/mol. The Morgan fingerprint density at radius 3 is 0.627 bits per heavy atom. The molecule has 12 aromatic carbocycles. The first-order valence-corrected chi connectivity index (χ1v) is 54.4. The van der Waals surface area contributed by atoms with E-state index in [-0.39, 0.29) is 33.8 Å². The predicted molar refractivity (Wildman–Crippen MR) is 585 cm³/mol. The van der Waals surface area contributed by atoms with Crippen molar-refractivity contribution in [3.05, 3.63) is 311 Å². The first-order chi connectivity index (χ1) is 69.2. The van der Waals surface area contributed by atoms with Gasteiger partial charge in [0.1, 0.15) is 11.5 Å². The Balaban J connectivity index is 0.000000211. The SMILES string of the molecule is CCCCCCCCOc1ccc(-c2ccc(-c3ccc(CCCCC)cc3)c(F)c2F)cc1.CCCCCCCCc1ccc(-c2ccc(-c3ccc(OCCCCC(C)CCC)c(F)c3F)cc2)cc1.CCCCCc1ccc(-c2ccc(-c3ccc(OCCCCC(C)CCC)c(F)c3F)cc2)cc1.CCCCCc1ccc(-c2ccc(-c3ccc(OCCCCC(C)CCC)cc3)c(F)c2F)cc1. The van der Waals surface area contributed by atoms with Gasteiger partial charge in [-0.15, -0.1) is 0 Å². The van der Waals surface area contributed by atoms with Gasteiger partial charge in [-0.3, -0.25) is 0 Å². The van der Waals surface area contributed by atoms with Gasteiger partial charge >= 0.3 is 0 Å². The number of ether oxygens (including phenoxy) is 4. The minimum Gasteiger partial charge on any atom is -0.494 e. The summed E-state index contributed by atoms with van der Waals surface area (Å²) in [5.41, 5.74) is 15.1. The highest BCUT2D eigenvalue weighted by molar-refractivity contribution is 5.76. The Kier molecular flexibility index (Phi) is 53.0. The standard InChI is InChI=1S/C35H46F2O.2C32H40F2O.C31H38F2O/c1-4-6-7-8-9-10-15-28-16-18-29(19-17-28)30-20-22-31(23-21-30)32-24-25-33(35(37)34(32)36)38-26-12-11-14-27(3)13-5-2;1-4-6-7-12-25-13-15-26(16-14-25)29-21-22-30(32(34)31(29)33)27-17-19-28(20-18-27)35-23-9-8-11-24(3)10-5-2;1-4-6-7-12-25-13-15-26(16-14-25)27-17-19-28(20-18-27)29-21-22-30(32(34)31(29)33)35-23-9-8-11-24(3)10-5-2;1-3-5-7-8-9-11-23-34-27-19-17-26(18-20-27)29-22-21-28(30(32)31(29)33)25-15-13-24(14-16-25)12-10-6-4-2/h16-25,27H,4-15,26H2,1-3H3;2*13-22,24H,4-12,23H2,1-3H3;13-22H,3-12,23H2,1-2H3. The maximum atomic E-state index is 15.0. The fourth-order valence-corrected chi connectivity index (χ4v) is 18.5. The van der Waals surface area contributed by atoms with E-state index in [4.69, 9.17) is 18.9 Å². The van der Waals surface area contributed by atoms with Gasteiger partial charge in [0.05, 0.1) is 26.4 Å². The molecule has 4 nitrogen and oxygen atoms in total. The number of hydrogen-bond acceptors (Lipinski definition) is 4. The van der Waals surface area contributed by atoms with Crippen molar-refractivity contribution < 1.29 is 54.1 Å². The summed E-state index contributed by atoms with van der Waals surface area (Å²) < 4.78 is 142. The van der Waals surface area contributed by atoms with Gasteiger partial charge in [0.15, 0.2) is 46.4 Å². The summed E-state index contributed by atoms with van der Waals surface area (Å²) in [6, 6.07) is 75.7. The summed E-state index contributed by atoms with van der Waals surface area (Å²) in [4.78, 5) is 0. The number of aryl methyl sites for hydroxylation is 4. The normalized spacial score (nSPS) is 11.8. The average Bonchev–Trinajstić information content (AvgIpc) is 0.798. The van der Waals surface area contributed by atoms with Gasteiger partial charge in [0, 0.05) is 33.4 Å². The van der Waals surface area contributed by atoms with Crippen LogP contribution in [0.1, 0.15) is 330 Å². The zero-order valence-corrected chi connectivity index (χ0v) is 87.6. The van der Waals surface area contributed by atoms with Crippen molar-refractivity contribution in [1.82, 2.24) is 0 Å². The van der Waals surface area contributed by atoms with E-state index >= 15 is 8.78 Å². The highest BCUT2D eigenvalue weighted by atomic mass is 19.2. The molecule has 0 amide bonds. The molecule has 0 spiro atoms. The molecule has 12 rings (SSSR count). The molecule has 0 radical (unpaired) electrons. The van der Waals surface area contributed by atoms with Crippen LogP contribution in [0.25, 0.3) is 89.0 Å². The fourth-order valence-electron chi connectivity index (χ4n) is 18.5. The van der Waals surface area contributed by atoms with Crippen LogP contribution >= 0.6 is 0 Å². The van der Waals surface area contributed by atoms with Crippen LogP contribution in [0, 0.1) is 64.3 Å². The van der Waals surface area contributed by atoms with E-state index in [1.165, 1.54) is 183 Å². The molecular weight excluding hydrogens is 1780 g/mol. The summed E-state index contributed by atoms with van der Waals surface area (Å²) in [7, 11) is 0. The van der Waals surface area contributed by atoms with Gasteiger partial charge in [-0.2, -0.15) is 8.78 Å². The van der Waals surface area contributed by atoms with Gasteiger partial charge in [-0.1, -0.05) is 431 Å². The van der Waals surface area contributed by atoms with E-state index in [1.54, 1.807) is 72.8 Å². The number of rotatable bonds is 59. The molecule has 0 fully saturated rings. The number of benzene rings is 12. The molecule has 0 aliphatic rings. The third-order valence-corrected chi connectivity index (χ3v) is 27.3. The zero-order valence-electron chi connectivity index (χ0n) is 87.6. The lowest BCUT2D eigenvalue weighted by Gasteiger charge is -2.12. The van der Waals surface area contributed by atoms with Crippen molar-refractivity contribution >= 4 is 0 Å². The van der Waals surface area contributed by atoms with E-state index < -0.39 is 46.5 Å². The van der Waals surface area contributed by atoms with Gasteiger partial charge in [0.25, 0.3) is 0 Å². The molecule has 764 valence electrons. The second-order valence-corrected chi connectivity index (χ2v) is 39.3. The van der Waals surface area contributed by atoms with Crippen LogP contribution in [0.15, 0.2) is 243 Å². The maximum Gasteiger partial charge on any atom is 0.201 e. The smallest absolute Gasteiger partial charge is 0.201 e. The Hall–Kier alpha value is -10.7. The van der Waals surface area contributed by atoms with Crippen LogP contribution < -0.4 is 18.9 Å². The van der Waals surface area contributed by atoms with Crippen LogP contribution in [0.4, 0.5) is 35.1 Å². The quantitative estimate of drug-likeness (QED) is 0.0281. The van der Waals surface area contributed by atoms with Crippen LogP contribution in [-0.4, -0.2) is 26.4 Å². The van der Waals surface area contributed by atoms with Crippen LogP contribution in [0.5, 0.6) is 23.0 Å². The fraction of sp³-hybridized carbons (Fsp3) is 0.446. The molecule has 12 heteroatoms. The van der Waals surface area contributed by atoms with E-state index in [1.807, 2.05) is 121 Å². The van der Waals surface area contributed by atoms with Crippen molar-refractivity contribution in [2.24, 2.45) is 17.8 Å². The van der Waals surface area contributed by atoms with Crippen LogP contribution in [0.3, 0.4) is 0 Å². The number of unbranched alkanes of at least 4 members (excludes halogenated alkanes) is 19. The molecule has 0 heterocycles. The molecule has 0 N–H and O–H groups in total. The summed E-state index contributed by atoms with van der Waals surface area (Å²) >= 11 is 0. The summed E-state index contributed by atoms with van der Waals surface area (Å²) in [6.07, 6.45) is 47.0. The molecule has 3 unspecified atom stereocenters. The zero-order chi connectivity index (χ0) is 101. The molecule has 0 aromatic heterocycles. The summed E-state index contributed by atoms with van der Waals surface area (Å²) in [5, 5.41) is 0. The Morgan fingerprint density at radius 2 is 0.359 bits per heavy atom.